The van der Waals surface area contributed by atoms with Crippen molar-refractivity contribution in [1.82, 2.24) is 29.7 Å². The van der Waals surface area contributed by atoms with E-state index in [-0.39, 0.29) is 17.4 Å². The Morgan fingerprint density at radius 1 is 1.13 bits per heavy atom. The monoisotopic (exact) mass is 622 g/mol. The van der Waals surface area contributed by atoms with Crippen LogP contribution in [0.25, 0.3) is 22.4 Å². The van der Waals surface area contributed by atoms with Crippen LogP contribution in [0.15, 0.2) is 70.8 Å². The number of aliphatic imine (C=N–C) groups is 1. The maximum absolute atomic E-state index is 14.0. The lowest BCUT2D eigenvalue weighted by Crippen LogP contribution is -2.57. The Morgan fingerprint density at radius 3 is 2.67 bits per heavy atom. The topological polar surface area (TPSA) is 100 Å². The Bertz CT molecular complexity index is 1810. The fourth-order valence-corrected chi connectivity index (χ4v) is 7.91. The van der Waals surface area contributed by atoms with E-state index >= 15 is 0 Å². The smallest absolute Gasteiger partial charge is 0.261 e. The van der Waals surface area contributed by atoms with E-state index in [0.29, 0.717) is 58.7 Å². The molecule has 0 radical (unpaired) electrons. The molecule has 2 N–H and O–H groups in total. The zero-order valence-corrected chi connectivity index (χ0v) is 27.1. The molecule has 240 valence electrons. The van der Waals surface area contributed by atoms with Crippen LogP contribution in [0.1, 0.15) is 46.1 Å². The summed E-state index contributed by atoms with van der Waals surface area (Å²) >= 11 is 0. The van der Waals surface area contributed by atoms with Crippen molar-refractivity contribution in [2.24, 2.45) is 28.2 Å². The van der Waals surface area contributed by atoms with E-state index in [1.807, 2.05) is 18.2 Å². The van der Waals surface area contributed by atoms with E-state index in [1.165, 1.54) is 18.6 Å². The number of aryl methyl sites for hydroxylation is 1. The SMILES string of the molecule is C[C@@H]1C(N=C(Nc2ccc3c(=O)n(CCc4ccc(F)cc4)c(-c4cnccn4)nc3c2)N2CCN[C@@H](C)C2)C[C@@H]2C[C@H]1C2(C)C. The second-order valence-corrected chi connectivity index (χ2v) is 14.0. The van der Waals surface area contributed by atoms with Gasteiger partial charge in [0.05, 0.1) is 23.1 Å². The van der Waals surface area contributed by atoms with Gasteiger partial charge < -0.3 is 15.5 Å². The second-order valence-electron chi connectivity index (χ2n) is 14.0. The van der Waals surface area contributed by atoms with E-state index in [0.717, 1.165) is 49.2 Å². The summed E-state index contributed by atoms with van der Waals surface area (Å²) in [6, 6.07) is 12.7. The molecule has 2 aromatic carbocycles. The molecule has 46 heavy (non-hydrogen) atoms. The largest absolute Gasteiger partial charge is 0.340 e. The van der Waals surface area contributed by atoms with Crippen molar-refractivity contribution in [2.75, 3.05) is 25.0 Å². The van der Waals surface area contributed by atoms with Gasteiger partial charge in [-0.3, -0.25) is 14.3 Å². The number of guanidine groups is 1. The van der Waals surface area contributed by atoms with Gasteiger partial charge in [-0.05, 0) is 85.3 Å². The standard InChI is InChI=1S/C36H43FN8O/c1-22-21-44(16-14-39-22)35(43-30-18-25-17-29(23(30)2)36(25,3)4)41-27-9-10-28-31(19-27)42-33(32-20-38-12-13-40-32)45(34(28)46)15-11-24-5-7-26(37)8-6-24/h5-10,12-13,19-20,22-23,25,29-30,39H,11,14-18,21H2,1-4H3,(H,41,43)/t22-,23-,25-,29+,30?/m0/s1. The van der Waals surface area contributed by atoms with Crippen LogP contribution in [0.3, 0.4) is 0 Å². The van der Waals surface area contributed by atoms with Crippen LogP contribution >= 0.6 is 0 Å². The van der Waals surface area contributed by atoms with E-state index in [1.54, 1.807) is 35.3 Å². The molecule has 3 saturated carbocycles. The van der Waals surface area contributed by atoms with Crippen molar-refractivity contribution >= 4 is 22.5 Å². The summed E-state index contributed by atoms with van der Waals surface area (Å²) in [4.78, 5) is 35.4. The molecular weight excluding hydrogens is 579 g/mol. The molecule has 5 atom stereocenters. The van der Waals surface area contributed by atoms with Crippen molar-refractivity contribution in [2.45, 2.75) is 65.6 Å². The Kier molecular flexibility index (Phi) is 8.09. The summed E-state index contributed by atoms with van der Waals surface area (Å²) < 4.78 is 15.1. The lowest BCUT2D eigenvalue weighted by Gasteiger charge is -2.61. The maximum Gasteiger partial charge on any atom is 0.261 e. The van der Waals surface area contributed by atoms with Gasteiger partial charge in [0.15, 0.2) is 11.8 Å². The number of halogens is 1. The zero-order chi connectivity index (χ0) is 32.0. The minimum Gasteiger partial charge on any atom is -0.340 e. The van der Waals surface area contributed by atoms with Crippen molar-refractivity contribution in [3.05, 3.63) is 82.8 Å². The molecule has 2 aromatic heterocycles. The molecule has 0 spiro atoms. The summed E-state index contributed by atoms with van der Waals surface area (Å²) in [6.07, 6.45) is 7.81. The molecule has 4 aromatic rings. The molecule has 4 aliphatic rings. The number of aromatic nitrogens is 4. The molecule has 8 rings (SSSR count). The summed E-state index contributed by atoms with van der Waals surface area (Å²) in [5.74, 6) is 3.01. The second kappa shape index (κ2) is 12.2. The molecule has 1 unspecified atom stereocenters. The lowest BCUT2D eigenvalue weighted by atomic mass is 9.45. The quantitative estimate of drug-likeness (QED) is 0.220. The van der Waals surface area contributed by atoms with Crippen LogP contribution in [0, 0.1) is 29.0 Å². The first kappa shape index (κ1) is 30.5. The average molecular weight is 623 g/mol. The minimum absolute atomic E-state index is 0.151. The number of piperazine rings is 1. The molecule has 9 nitrogen and oxygen atoms in total. The lowest BCUT2D eigenvalue weighted by molar-refractivity contribution is -0.108. The Balaban J connectivity index is 1.23. The van der Waals surface area contributed by atoms with Gasteiger partial charge in [0, 0.05) is 50.3 Å². The highest BCUT2D eigenvalue weighted by Crippen LogP contribution is 2.61. The number of rotatable bonds is 6. The van der Waals surface area contributed by atoms with Crippen LogP contribution < -0.4 is 16.2 Å². The third-order valence-electron chi connectivity index (χ3n) is 10.8. The molecule has 1 aliphatic heterocycles. The first-order chi connectivity index (χ1) is 22.2. The van der Waals surface area contributed by atoms with Gasteiger partial charge in [0.1, 0.15) is 11.5 Å². The highest BCUT2D eigenvalue weighted by molar-refractivity contribution is 5.96. The predicted molar refractivity (Wildman–Crippen MR) is 180 cm³/mol. The van der Waals surface area contributed by atoms with Crippen LogP contribution in [-0.2, 0) is 13.0 Å². The number of nitrogens with zero attached hydrogens (tertiary/aromatic N) is 6. The van der Waals surface area contributed by atoms with Gasteiger partial charge in [-0.1, -0.05) is 32.9 Å². The van der Waals surface area contributed by atoms with Gasteiger partial charge in [-0.2, -0.15) is 0 Å². The van der Waals surface area contributed by atoms with Crippen LogP contribution in [0.2, 0.25) is 0 Å². The molecule has 2 bridgehead atoms. The van der Waals surface area contributed by atoms with Crippen molar-refractivity contribution < 1.29 is 4.39 Å². The average Bonchev–Trinajstić information content (AvgIpc) is 3.05. The number of anilines is 1. The Hall–Kier alpha value is -4.18. The highest BCUT2D eigenvalue weighted by Gasteiger charge is 2.56. The van der Waals surface area contributed by atoms with Gasteiger partial charge in [0.25, 0.3) is 5.56 Å². The van der Waals surface area contributed by atoms with E-state index in [4.69, 9.17) is 9.98 Å². The Labute approximate surface area is 269 Å². The minimum atomic E-state index is -0.286. The molecule has 4 fully saturated rings. The molecule has 3 aliphatic carbocycles. The third kappa shape index (κ3) is 5.79. The Morgan fingerprint density at radius 2 is 1.96 bits per heavy atom. The van der Waals surface area contributed by atoms with Gasteiger partial charge >= 0.3 is 0 Å². The number of hydrogen-bond donors (Lipinski definition) is 2. The molecular formula is C36H43FN8O. The van der Waals surface area contributed by atoms with Crippen molar-refractivity contribution in [1.29, 1.82) is 0 Å². The first-order valence-electron chi connectivity index (χ1n) is 16.6. The molecule has 1 saturated heterocycles. The van der Waals surface area contributed by atoms with E-state index < -0.39 is 0 Å². The zero-order valence-electron chi connectivity index (χ0n) is 27.1. The summed E-state index contributed by atoms with van der Waals surface area (Å²) in [7, 11) is 0. The fourth-order valence-electron chi connectivity index (χ4n) is 7.91. The van der Waals surface area contributed by atoms with E-state index in [2.05, 4.69) is 53.2 Å². The molecule has 10 heteroatoms. The first-order valence-corrected chi connectivity index (χ1v) is 16.6. The van der Waals surface area contributed by atoms with Gasteiger partial charge in [0.2, 0.25) is 0 Å². The van der Waals surface area contributed by atoms with Crippen LogP contribution in [0.5, 0.6) is 0 Å². The summed E-state index contributed by atoms with van der Waals surface area (Å²) in [5.41, 5.74) is 3.12. The van der Waals surface area contributed by atoms with Crippen molar-refractivity contribution in [3.63, 3.8) is 0 Å². The summed E-state index contributed by atoms with van der Waals surface area (Å²) in [6.45, 7) is 12.4. The maximum atomic E-state index is 14.0. The highest BCUT2D eigenvalue weighted by atomic mass is 19.1. The molecule has 0 amide bonds. The van der Waals surface area contributed by atoms with Crippen LogP contribution in [0.4, 0.5) is 10.1 Å². The summed E-state index contributed by atoms with van der Waals surface area (Å²) in [5, 5.41) is 7.74. The third-order valence-corrected chi connectivity index (χ3v) is 10.8. The fraction of sp³-hybridized carbons (Fsp3) is 0.472. The van der Waals surface area contributed by atoms with Gasteiger partial charge in [-0.15, -0.1) is 0 Å². The van der Waals surface area contributed by atoms with Crippen LogP contribution in [-0.4, -0.2) is 62.1 Å². The normalized spacial score (nSPS) is 25.7. The molecule has 3 heterocycles. The predicted octanol–water partition coefficient (Wildman–Crippen LogP) is 5.37. The van der Waals surface area contributed by atoms with Crippen molar-refractivity contribution in [3.8, 4) is 11.5 Å². The number of fused-ring (bicyclic) bond motifs is 3. The van der Waals surface area contributed by atoms with E-state index in [9.17, 15) is 9.18 Å². The van der Waals surface area contributed by atoms with Gasteiger partial charge in [-0.25, -0.2) is 19.4 Å². The number of hydrogen-bond acceptors (Lipinski definition) is 6. The number of benzene rings is 2. The number of nitrogens with one attached hydrogen (secondary N) is 2.